The first-order valence-corrected chi connectivity index (χ1v) is 7.70. The predicted octanol–water partition coefficient (Wildman–Crippen LogP) is 4.12. The minimum Gasteiger partial charge on any atom is -0.314 e. The third kappa shape index (κ3) is 4.44. The van der Waals surface area contributed by atoms with Crippen molar-refractivity contribution in [2.75, 3.05) is 6.54 Å². The van der Waals surface area contributed by atoms with E-state index >= 15 is 0 Å². The van der Waals surface area contributed by atoms with Crippen LogP contribution < -0.4 is 5.32 Å². The molecule has 1 heterocycles. The molecular formula is C15H25NS. The molecule has 1 aliphatic carbocycles. The van der Waals surface area contributed by atoms with Crippen LogP contribution in [0.15, 0.2) is 12.1 Å². The molecule has 2 heteroatoms. The molecule has 0 unspecified atom stereocenters. The second-order valence-corrected chi connectivity index (χ2v) is 7.37. The zero-order valence-electron chi connectivity index (χ0n) is 11.4. The van der Waals surface area contributed by atoms with E-state index < -0.39 is 0 Å². The highest BCUT2D eigenvalue weighted by Crippen LogP contribution is 2.30. The number of unbranched alkanes of at least 4 members (excludes halogenated alkanes) is 1. The van der Waals surface area contributed by atoms with Crippen LogP contribution in [0.3, 0.4) is 0 Å². The Labute approximate surface area is 110 Å². The first-order chi connectivity index (χ1) is 8.05. The first-order valence-electron chi connectivity index (χ1n) is 6.88. The summed E-state index contributed by atoms with van der Waals surface area (Å²) in [6.07, 6.45) is 6.70. The van der Waals surface area contributed by atoms with Crippen molar-refractivity contribution in [3.05, 3.63) is 21.9 Å². The highest BCUT2D eigenvalue weighted by Gasteiger charge is 2.19. The van der Waals surface area contributed by atoms with Gasteiger partial charge >= 0.3 is 0 Å². The molecule has 1 N–H and O–H groups in total. The molecule has 0 radical (unpaired) electrons. The van der Waals surface area contributed by atoms with Crippen molar-refractivity contribution in [2.24, 2.45) is 0 Å². The Hall–Kier alpha value is -0.340. The second-order valence-electron chi connectivity index (χ2n) is 6.20. The predicted molar refractivity (Wildman–Crippen MR) is 77.0 cm³/mol. The van der Waals surface area contributed by atoms with Gasteiger partial charge in [-0.3, -0.25) is 0 Å². The summed E-state index contributed by atoms with van der Waals surface area (Å²) in [6.45, 7) is 8.09. The van der Waals surface area contributed by atoms with Gasteiger partial charge in [-0.25, -0.2) is 0 Å². The van der Waals surface area contributed by atoms with E-state index in [2.05, 4.69) is 38.2 Å². The lowest BCUT2D eigenvalue weighted by Gasteiger charge is -2.15. The molecule has 0 saturated heterocycles. The van der Waals surface area contributed by atoms with Crippen LogP contribution in [-0.2, 0) is 11.8 Å². The Morgan fingerprint density at radius 2 is 2.00 bits per heavy atom. The molecule has 0 aromatic carbocycles. The van der Waals surface area contributed by atoms with E-state index in [1.54, 1.807) is 4.88 Å². The van der Waals surface area contributed by atoms with Crippen molar-refractivity contribution in [1.82, 2.24) is 5.32 Å². The lowest BCUT2D eigenvalue weighted by Crippen LogP contribution is -2.17. The summed E-state index contributed by atoms with van der Waals surface area (Å²) in [7, 11) is 0. The van der Waals surface area contributed by atoms with Crippen molar-refractivity contribution < 1.29 is 0 Å². The summed E-state index contributed by atoms with van der Waals surface area (Å²) >= 11 is 2.00. The lowest BCUT2D eigenvalue weighted by atomic mass is 9.95. The van der Waals surface area contributed by atoms with Gasteiger partial charge in [0.05, 0.1) is 0 Å². The van der Waals surface area contributed by atoms with E-state index in [-0.39, 0.29) is 0 Å². The van der Waals surface area contributed by atoms with Crippen LogP contribution in [0.2, 0.25) is 0 Å². The topological polar surface area (TPSA) is 12.0 Å². The Kier molecular flexibility index (Phi) is 4.26. The summed E-state index contributed by atoms with van der Waals surface area (Å²) < 4.78 is 0. The van der Waals surface area contributed by atoms with Gasteiger partial charge in [-0.1, -0.05) is 20.8 Å². The SMILES string of the molecule is CC(C)(C)c1ccc(CCCCNC2CC2)s1. The van der Waals surface area contributed by atoms with Gasteiger partial charge in [0.1, 0.15) is 0 Å². The number of hydrogen-bond donors (Lipinski definition) is 1. The smallest absolute Gasteiger partial charge is 0.0102 e. The average Bonchev–Trinajstić information content (AvgIpc) is 2.92. The molecule has 17 heavy (non-hydrogen) atoms. The van der Waals surface area contributed by atoms with Gasteiger partial charge in [0, 0.05) is 15.8 Å². The summed E-state index contributed by atoms with van der Waals surface area (Å²) in [6, 6.07) is 5.49. The van der Waals surface area contributed by atoms with Crippen LogP contribution >= 0.6 is 11.3 Å². The molecule has 0 amide bonds. The number of hydrogen-bond acceptors (Lipinski definition) is 2. The summed E-state index contributed by atoms with van der Waals surface area (Å²) in [4.78, 5) is 3.07. The van der Waals surface area contributed by atoms with Crippen LogP contribution in [0, 0.1) is 0 Å². The summed E-state index contributed by atoms with van der Waals surface area (Å²) in [5.74, 6) is 0. The molecule has 1 aromatic rings. The van der Waals surface area contributed by atoms with Crippen molar-refractivity contribution in [1.29, 1.82) is 0 Å². The van der Waals surface area contributed by atoms with E-state index in [1.807, 2.05) is 11.3 Å². The molecule has 1 aliphatic rings. The molecule has 1 nitrogen and oxygen atoms in total. The number of rotatable bonds is 6. The van der Waals surface area contributed by atoms with Crippen molar-refractivity contribution in [3.63, 3.8) is 0 Å². The van der Waals surface area contributed by atoms with Crippen molar-refractivity contribution in [3.8, 4) is 0 Å². The van der Waals surface area contributed by atoms with Crippen LogP contribution in [0.1, 0.15) is 56.2 Å². The monoisotopic (exact) mass is 251 g/mol. The molecule has 1 aromatic heterocycles. The van der Waals surface area contributed by atoms with E-state index in [4.69, 9.17) is 0 Å². The average molecular weight is 251 g/mol. The Morgan fingerprint density at radius 3 is 2.59 bits per heavy atom. The quantitative estimate of drug-likeness (QED) is 0.750. The zero-order chi connectivity index (χ0) is 12.3. The molecule has 0 aliphatic heterocycles. The Morgan fingerprint density at radius 1 is 1.24 bits per heavy atom. The zero-order valence-corrected chi connectivity index (χ0v) is 12.2. The largest absolute Gasteiger partial charge is 0.314 e. The maximum atomic E-state index is 3.58. The van der Waals surface area contributed by atoms with E-state index in [1.165, 1.54) is 43.5 Å². The molecular weight excluding hydrogens is 226 g/mol. The number of nitrogens with one attached hydrogen (secondary N) is 1. The first kappa shape index (κ1) is 13.1. The molecule has 96 valence electrons. The number of thiophene rings is 1. The van der Waals surface area contributed by atoms with Crippen LogP contribution in [0.25, 0.3) is 0 Å². The fourth-order valence-corrected chi connectivity index (χ4v) is 3.04. The van der Waals surface area contributed by atoms with Crippen LogP contribution in [0.5, 0.6) is 0 Å². The van der Waals surface area contributed by atoms with Crippen molar-refractivity contribution >= 4 is 11.3 Å². The summed E-state index contributed by atoms with van der Waals surface area (Å²) in [5.41, 5.74) is 0.316. The Balaban J connectivity index is 1.66. The lowest BCUT2D eigenvalue weighted by molar-refractivity contribution is 0.604. The molecule has 1 fully saturated rings. The number of aryl methyl sites for hydroxylation is 1. The highest BCUT2D eigenvalue weighted by molar-refractivity contribution is 7.12. The molecule has 0 bridgehead atoms. The second kappa shape index (κ2) is 5.53. The van der Waals surface area contributed by atoms with Gasteiger partial charge in [-0.15, -0.1) is 11.3 Å². The Bertz CT molecular complexity index is 344. The minimum atomic E-state index is 0.316. The van der Waals surface area contributed by atoms with Crippen molar-refractivity contribution in [2.45, 2.75) is 64.3 Å². The fraction of sp³-hybridized carbons (Fsp3) is 0.733. The van der Waals surface area contributed by atoms with Crippen LogP contribution in [-0.4, -0.2) is 12.6 Å². The van der Waals surface area contributed by atoms with E-state index in [0.717, 1.165) is 6.04 Å². The maximum Gasteiger partial charge on any atom is 0.0102 e. The normalized spacial score (nSPS) is 16.4. The van der Waals surface area contributed by atoms with Gasteiger partial charge in [-0.2, -0.15) is 0 Å². The minimum absolute atomic E-state index is 0.316. The molecule has 2 rings (SSSR count). The maximum absolute atomic E-state index is 3.58. The van der Waals surface area contributed by atoms with Gasteiger partial charge in [-0.05, 0) is 56.2 Å². The molecule has 0 spiro atoms. The van der Waals surface area contributed by atoms with E-state index in [0.29, 0.717) is 5.41 Å². The van der Waals surface area contributed by atoms with Gasteiger partial charge in [0.15, 0.2) is 0 Å². The highest BCUT2D eigenvalue weighted by atomic mass is 32.1. The fourth-order valence-electron chi connectivity index (χ4n) is 1.93. The van der Waals surface area contributed by atoms with Gasteiger partial charge in [0.25, 0.3) is 0 Å². The van der Waals surface area contributed by atoms with E-state index in [9.17, 15) is 0 Å². The summed E-state index contributed by atoms with van der Waals surface area (Å²) in [5, 5.41) is 3.58. The van der Waals surface area contributed by atoms with Gasteiger partial charge in [0.2, 0.25) is 0 Å². The third-order valence-corrected chi connectivity index (χ3v) is 4.83. The van der Waals surface area contributed by atoms with Gasteiger partial charge < -0.3 is 5.32 Å². The third-order valence-electron chi connectivity index (χ3n) is 3.26. The molecule has 0 atom stereocenters. The standard InChI is InChI=1S/C15H25NS/c1-15(2,3)14-10-9-13(17-14)6-4-5-11-16-12-7-8-12/h9-10,12,16H,4-8,11H2,1-3H3. The molecule has 1 saturated carbocycles. The van der Waals surface area contributed by atoms with Crippen LogP contribution in [0.4, 0.5) is 0 Å².